The molecule has 0 aliphatic carbocycles. The number of carboxylic acids is 1. The van der Waals surface area contributed by atoms with Gasteiger partial charge in [0.05, 0.1) is 6.42 Å². The molecule has 0 radical (unpaired) electrons. The van der Waals surface area contributed by atoms with E-state index in [1.54, 1.807) is 0 Å². The van der Waals surface area contributed by atoms with Crippen molar-refractivity contribution in [2.45, 2.75) is 11.7 Å². The van der Waals surface area contributed by atoms with Crippen molar-refractivity contribution >= 4 is 21.7 Å². The molecule has 2 N–H and O–H groups in total. The number of rotatable bonds is 6. The number of hydrogen-bond donors (Lipinski definition) is 2. The lowest BCUT2D eigenvalue weighted by Gasteiger charge is -2.15. The average molecular weight is 297 g/mol. The lowest BCUT2D eigenvalue weighted by atomic mass is 10.1. The fourth-order valence-corrected chi connectivity index (χ4v) is 1.91. The van der Waals surface area contributed by atoms with E-state index in [4.69, 9.17) is 5.11 Å². The Morgan fingerprint density at radius 1 is 1.26 bits per heavy atom. The van der Waals surface area contributed by atoms with Gasteiger partial charge in [-0.1, -0.05) is 12.1 Å². The Hall–Kier alpha value is -1.77. The van der Waals surface area contributed by atoms with E-state index in [1.165, 1.54) is 16.9 Å². The van der Waals surface area contributed by atoms with E-state index in [1.807, 2.05) is 0 Å². The van der Waals surface area contributed by atoms with Gasteiger partial charge in [-0.2, -0.15) is 8.78 Å². The molecule has 1 rings (SSSR count). The molecule has 0 heterocycles. The molecule has 0 atom stereocenters. The standard InChI is InChI=1S/C10H10F3NO4S/c11-6-10(12,13)19(17,18)14-8-3-1-7(2-4-8)5-9(15)16/h1-4,14H,5-6H2,(H,15,16). The van der Waals surface area contributed by atoms with Crippen LogP contribution in [-0.4, -0.2) is 31.4 Å². The van der Waals surface area contributed by atoms with Crippen LogP contribution in [0.3, 0.4) is 0 Å². The van der Waals surface area contributed by atoms with Crippen LogP contribution >= 0.6 is 0 Å². The van der Waals surface area contributed by atoms with E-state index in [-0.39, 0.29) is 12.1 Å². The molecular formula is C10H10F3NO4S. The van der Waals surface area contributed by atoms with Crippen LogP contribution in [0.2, 0.25) is 0 Å². The first-order valence-electron chi connectivity index (χ1n) is 4.95. The second kappa shape index (κ2) is 5.47. The first-order valence-corrected chi connectivity index (χ1v) is 6.43. The molecule has 0 unspecified atom stereocenters. The number of aliphatic carboxylic acids is 1. The van der Waals surface area contributed by atoms with Gasteiger partial charge in [0, 0.05) is 5.69 Å². The predicted octanol–water partition coefficient (Wildman–Crippen LogP) is 1.62. The maximum absolute atomic E-state index is 12.8. The zero-order chi connectivity index (χ0) is 14.7. The smallest absolute Gasteiger partial charge is 0.391 e. The Kier molecular flexibility index (Phi) is 4.40. The third-order valence-corrected chi connectivity index (χ3v) is 3.51. The third-order valence-electron chi connectivity index (χ3n) is 2.11. The van der Waals surface area contributed by atoms with Gasteiger partial charge >= 0.3 is 21.2 Å². The minimum absolute atomic E-state index is 0.206. The first kappa shape index (κ1) is 15.3. The Balaban J connectivity index is 2.87. The lowest BCUT2D eigenvalue weighted by Crippen LogP contribution is -2.36. The minimum Gasteiger partial charge on any atom is -0.481 e. The van der Waals surface area contributed by atoms with Gasteiger partial charge in [0.1, 0.15) is 0 Å². The highest BCUT2D eigenvalue weighted by Gasteiger charge is 2.45. The average Bonchev–Trinajstić information content (AvgIpc) is 2.30. The molecule has 0 aliphatic rings. The molecular weight excluding hydrogens is 287 g/mol. The molecule has 0 amide bonds. The van der Waals surface area contributed by atoms with Crippen LogP contribution in [0.5, 0.6) is 0 Å². The zero-order valence-corrected chi connectivity index (χ0v) is 10.3. The SMILES string of the molecule is O=C(O)Cc1ccc(NS(=O)(=O)C(F)(F)CF)cc1. The van der Waals surface area contributed by atoms with Crippen LogP contribution in [0.1, 0.15) is 5.56 Å². The number of nitrogens with one attached hydrogen (secondary N) is 1. The monoisotopic (exact) mass is 297 g/mol. The van der Waals surface area contributed by atoms with Gasteiger partial charge < -0.3 is 5.11 Å². The number of carboxylic acid groups (broad SMARTS) is 1. The first-order chi connectivity index (χ1) is 8.68. The van der Waals surface area contributed by atoms with Crippen molar-refractivity contribution in [2.24, 2.45) is 0 Å². The number of benzene rings is 1. The van der Waals surface area contributed by atoms with Gasteiger partial charge in [-0.3, -0.25) is 9.52 Å². The highest BCUT2D eigenvalue weighted by atomic mass is 32.2. The van der Waals surface area contributed by atoms with Crippen molar-refractivity contribution in [1.29, 1.82) is 0 Å². The number of alkyl halides is 3. The molecule has 1 aromatic rings. The second-order valence-corrected chi connectivity index (χ2v) is 5.45. The topological polar surface area (TPSA) is 83.5 Å². The van der Waals surface area contributed by atoms with E-state index in [2.05, 4.69) is 0 Å². The molecule has 0 bridgehead atoms. The quantitative estimate of drug-likeness (QED) is 0.835. The summed E-state index contributed by atoms with van der Waals surface area (Å²) in [6.45, 7) is -2.33. The second-order valence-electron chi connectivity index (χ2n) is 3.64. The largest absolute Gasteiger partial charge is 0.481 e. The Bertz CT molecular complexity index is 557. The van der Waals surface area contributed by atoms with Gasteiger partial charge in [-0.15, -0.1) is 0 Å². The van der Waals surface area contributed by atoms with Gasteiger partial charge in [-0.25, -0.2) is 12.8 Å². The molecule has 5 nitrogen and oxygen atoms in total. The molecule has 0 aliphatic heterocycles. The molecule has 19 heavy (non-hydrogen) atoms. The summed E-state index contributed by atoms with van der Waals surface area (Å²) in [5.74, 6) is -1.09. The molecule has 0 saturated heterocycles. The van der Waals surface area contributed by atoms with Crippen molar-refractivity contribution in [3.05, 3.63) is 29.8 Å². The number of hydrogen-bond acceptors (Lipinski definition) is 3. The van der Waals surface area contributed by atoms with Gasteiger partial charge in [0.15, 0.2) is 6.67 Å². The van der Waals surface area contributed by atoms with Crippen LogP contribution in [0, 0.1) is 0 Å². The van der Waals surface area contributed by atoms with E-state index < -0.39 is 27.9 Å². The molecule has 9 heteroatoms. The van der Waals surface area contributed by atoms with E-state index in [0.29, 0.717) is 5.56 Å². The molecule has 106 valence electrons. The summed E-state index contributed by atoms with van der Waals surface area (Å²) < 4.78 is 61.2. The van der Waals surface area contributed by atoms with Crippen molar-refractivity contribution < 1.29 is 31.5 Å². The number of carbonyl (C=O) groups is 1. The van der Waals surface area contributed by atoms with Crippen molar-refractivity contribution in [2.75, 3.05) is 11.4 Å². The van der Waals surface area contributed by atoms with E-state index in [9.17, 15) is 26.4 Å². The number of anilines is 1. The van der Waals surface area contributed by atoms with Crippen molar-refractivity contribution in [3.63, 3.8) is 0 Å². The molecule has 1 aromatic carbocycles. The Morgan fingerprint density at radius 3 is 2.21 bits per heavy atom. The Labute approximate surface area is 107 Å². The highest BCUT2D eigenvalue weighted by molar-refractivity contribution is 7.93. The fourth-order valence-electron chi connectivity index (χ4n) is 1.17. The van der Waals surface area contributed by atoms with Crippen molar-refractivity contribution in [1.82, 2.24) is 0 Å². The van der Waals surface area contributed by atoms with Crippen LogP contribution in [0.15, 0.2) is 24.3 Å². The zero-order valence-electron chi connectivity index (χ0n) is 9.44. The summed E-state index contributed by atoms with van der Waals surface area (Å²) in [5, 5.41) is 3.99. The van der Waals surface area contributed by atoms with Gasteiger partial charge in [0.25, 0.3) is 0 Å². The van der Waals surface area contributed by atoms with E-state index >= 15 is 0 Å². The summed E-state index contributed by atoms with van der Waals surface area (Å²) in [6.07, 6.45) is -0.284. The van der Waals surface area contributed by atoms with Crippen LogP contribution < -0.4 is 4.72 Å². The maximum atomic E-state index is 12.8. The maximum Gasteiger partial charge on any atom is 0.391 e. The molecule has 0 spiro atoms. The number of halogens is 3. The summed E-state index contributed by atoms with van der Waals surface area (Å²) in [7, 11) is -5.17. The normalized spacial score (nSPS) is 12.2. The summed E-state index contributed by atoms with van der Waals surface area (Å²) in [5.41, 5.74) is 0.162. The number of sulfonamides is 1. The van der Waals surface area contributed by atoms with Crippen molar-refractivity contribution in [3.8, 4) is 0 Å². The molecule has 0 saturated carbocycles. The third kappa shape index (κ3) is 3.85. The van der Waals surface area contributed by atoms with Crippen LogP contribution in [0.25, 0.3) is 0 Å². The van der Waals surface area contributed by atoms with Crippen LogP contribution in [0.4, 0.5) is 18.9 Å². The summed E-state index contributed by atoms with van der Waals surface area (Å²) in [4.78, 5) is 10.4. The van der Waals surface area contributed by atoms with E-state index in [0.717, 1.165) is 12.1 Å². The van der Waals surface area contributed by atoms with Crippen LogP contribution in [-0.2, 0) is 21.2 Å². The predicted molar refractivity (Wildman–Crippen MR) is 61.2 cm³/mol. The summed E-state index contributed by atoms with van der Waals surface area (Å²) in [6, 6.07) is 4.76. The lowest BCUT2D eigenvalue weighted by molar-refractivity contribution is -0.136. The fraction of sp³-hybridized carbons (Fsp3) is 0.300. The minimum atomic E-state index is -5.17. The molecule has 0 fully saturated rings. The Morgan fingerprint density at radius 2 is 1.79 bits per heavy atom. The van der Waals surface area contributed by atoms with Gasteiger partial charge in [-0.05, 0) is 17.7 Å². The highest BCUT2D eigenvalue weighted by Crippen LogP contribution is 2.24. The molecule has 0 aromatic heterocycles. The summed E-state index contributed by atoms with van der Waals surface area (Å²) >= 11 is 0. The van der Waals surface area contributed by atoms with Gasteiger partial charge in [0.2, 0.25) is 0 Å².